The van der Waals surface area contributed by atoms with Gasteiger partial charge >= 0.3 is 0 Å². The summed E-state index contributed by atoms with van der Waals surface area (Å²) in [5.41, 5.74) is 0.171. The Hall–Kier alpha value is 0.250. The lowest BCUT2D eigenvalue weighted by Crippen LogP contribution is -2.42. The lowest BCUT2D eigenvalue weighted by molar-refractivity contribution is -0.0966. The summed E-state index contributed by atoms with van der Waals surface area (Å²) < 4.78 is 5.92. The van der Waals surface area contributed by atoms with Crippen molar-refractivity contribution in [3.05, 3.63) is 0 Å². The zero-order valence-electron chi connectivity index (χ0n) is 7.68. The van der Waals surface area contributed by atoms with Crippen molar-refractivity contribution in [3.63, 3.8) is 0 Å². The maximum atomic E-state index is 6.17. The molecule has 0 aromatic rings. The van der Waals surface area contributed by atoms with E-state index in [4.69, 9.17) is 16.3 Å². The van der Waals surface area contributed by atoms with Gasteiger partial charge in [0, 0.05) is 12.0 Å². The Morgan fingerprint density at radius 2 is 2.25 bits per heavy atom. The van der Waals surface area contributed by atoms with Crippen molar-refractivity contribution in [2.24, 2.45) is 5.92 Å². The second-order valence-electron chi connectivity index (χ2n) is 4.30. The maximum Gasteiger partial charge on any atom is 0.0722 e. The van der Waals surface area contributed by atoms with E-state index in [2.05, 4.69) is 6.92 Å². The van der Waals surface area contributed by atoms with Gasteiger partial charge < -0.3 is 4.74 Å². The molecule has 3 unspecified atom stereocenters. The fourth-order valence-corrected chi connectivity index (χ4v) is 3.01. The van der Waals surface area contributed by atoms with E-state index in [9.17, 15) is 0 Å². The molecule has 1 aliphatic carbocycles. The molecule has 0 radical (unpaired) electrons. The fourth-order valence-electron chi connectivity index (χ4n) is 2.66. The van der Waals surface area contributed by atoms with Crippen LogP contribution < -0.4 is 0 Å². The monoisotopic (exact) mass is 188 g/mol. The minimum atomic E-state index is 0.171. The Morgan fingerprint density at radius 3 is 2.83 bits per heavy atom. The van der Waals surface area contributed by atoms with Crippen LogP contribution >= 0.6 is 11.6 Å². The molecule has 3 atom stereocenters. The number of halogens is 1. The highest BCUT2D eigenvalue weighted by molar-refractivity contribution is 6.20. The molecule has 2 heteroatoms. The van der Waals surface area contributed by atoms with Crippen molar-refractivity contribution in [1.82, 2.24) is 0 Å². The average Bonchev–Trinajstić information content (AvgIpc) is 2.33. The van der Waals surface area contributed by atoms with Crippen LogP contribution in [0.3, 0.4) is 0 Å². The minimum Gasteiger partial charge on any atom is -0.375 e. The van der Waals surface area contributed by atoms with E-state index in [1.165, 1.54) is 19.3 Å². The van der Waals surface area contributed by atoms with E-state index in [0.29, 0.717) is 5.38 Å². The molecular weight excluding hydrogens is 172 g/mol. The largest absolute Gasteiger partial charge is 0.375 e. The highest BCUT2D eigenvalue weighted by atomic mass is 35.5. The highest BCUT2D eigenvalue weighted by Crippen LogP contribution is 2.45. The van der Waals surface area contributed by atoms with Crippen LogP contribution in [0.25, 0.3) is 0 Å². The quantitative estimate of drug-likeness (QED) is 0.532. The Morgan fingerprint density at radius 1 is 1.42 bits per heavy atom. The molecular formula is C10H17ClO. The van der Waals surface area contributed by atoms with E-state index < -0.39 is 0 Å². The van der Waals surface area contributed by atoms with Crippen LogP contribution in [0, 0.1) is 5.92 Å². The summed E-state index contributed by atoms with van der Waals surface area (Å²) in [6.07, 6.45) is 6.00. The molecule has 0 bridgehead atoms. The first-order valence-corrected chi connectivity index (χ1v) is 5.45. The Balaban J connectivity index is 2.08. The summed E-state index contributed by atoms with van der Waals surface area (Å²) in [5, 5.41) is 0.360. The molecule has 0 aromatic carbocycles. The van der Waals surface area contributed by atoms with Crippen molar-refractivity contribution >= 4 is 11.6 Å². The molecule has 70 valence electrons. The third kappa shape index (κ3) is 1.38. The van der Waals surface area contributed by atoms with Crippen molar-refractivity contribution in [2.75, 3.05) is 6.61 Å². The number of hydrogen-bond donors (Lipinski definition) is 0. The van der Waals surface area contributed by atoms with Gasteiger partial charge in [-0.15, -0.1) is 11.6 Å². The van der Waals surface area contributed by atoms with Crippen molar-refractivity contribution in [2.45, 2.75) is 50.0 Å². The van der Waals surface area contributed by atoms with Gasteiger partial charge in [0.15, 0.2) is 0 Å². The lowest BCUT2D eigenvalue weighted by atomic mass is 9.85. The van der Waals surface area contributed by atoms with Gasteiger partial charge in [0.25, 0.3) is 0 Å². The lowest BCUT2D eigenvalue weighted by Gasteiger charge is -2.39. The molecule has 2 fully saturated rings. The first-order valence-electron chi connectivity index (χ1n) is 5.01. The van der Waals surface area contributed by atoms with Gasteiger partial charge in [0.05, 0.1) is 5.60 Å². The van der Waals surface area contributed by atoms with Crippen LogP contribution in [0.5, 0.6) is 0 Å². The van der Waals surface area contributed by atoms with Crippen LogP contribution in [0.4, 0.5) is 0 Å². The molecule has 12 heavy (non-hydrogen) atoms. The topological polar surface area (TPSA) is 9.23 Å². The molecule has 1 spiro atoms. The second-order valence-corrected chi connectivity index (χ2v) is 4.91. The first-order chi connectivity index (χ1) is 5.73. The highest BCUT2D eigenvalue weighted by Gasteiger charge is 2.44. The molecule has 2 aliphatic rings. The smallest absolute Gasteiger partial charge is 0.0722 e. The minimum absolute atomic E-state index is 0.171. The second kappa shape index (κ2) is 3.19. The number of ether oxygens (including phenoxy) is 1. The van der Waals surface area contributed by atoms with Crippen LogP contribution in [0.2, 0.25) is 0 Å². The van der Waals surface area contributed by atoms with Crippen LogP contribution in [-0.4, -0.2) is 17.6 Å². The van der Waals surface area contributed by atoms with Gasteiger partial charge in [-0.25, -0.2) is 0 Å². The van der Waals surface area contributed by atoms with Crippen molar-refractivity contribution in [3.8, 4) is 0 Å². The Bertz CT molecular complexity index is 171. The zero-order chi connectivity index (χ0) is 8.60. The number of alkyl halides is 1. The summed E-state index contributed by atoms with van der Waals surface area (Å²) >= 11 is 6.17. The fraction of sp³-hybridized carbons (Fsp3) is 1.00. The standard InChI is InChI=1S/C10H17ClO/c1-8-3-2-5-10(8)7-9(11)4-6-12-10/h8-9H,2-7H2,1H3. The normalized spacial score (nSPS) is 48.5. The summed E-state index contributed by atoms with van der Waals surface area (Å²) in [4.78, 5) is 0. The van der Waals surface area contributed by atoms with Crippen LogP contribution in [-0.2, 0) is 4.74 Å². The summed E-state index contributed by atoms with van der Waals surface area (Å²) in [5.74, 6) is 0.721. The SMILES string of the molecule is CC1CCCC12CC(Cl)CCO2. The van der Waals surface area contributed by atoms with Gasteiger partial charge in [-0.2, -0.15) is 0 Å². The number of hydrogen-bond acceptors (Lipinski definition) is 1. The average molecular weight is 189 g/mol. The molecule has 2 rings (SSSR count). The van der Waals surface area contributed by atoms with Crippen LogP contribution in [0.15, 0.2) is 0 Å². The van der Waals surface area contributed by atoms with Crippen LogP contribution in [0.1, 0.15) is 39.0 Å². The van der Waals surface area contributed by atoms with Gasteiger partial charge in [-0.05, 0) is 31.6 Å². The zero-order valence-corrected chi connectivity index (χ0v) is 8.44. The van der Waals surface area contributed by atoms with E-state index >= 15 is 0 Å². The van der Waals surface area contributed by atoms with E-state index in [1.807, 2.05) is 0 Å². The third-order valence-corrected chi connectivity index (χ3v) is 3.90. The van der Waals surface area contributed by atoms with Crippen molar-refractivity contribution < 1.29 is 4.74 Å². The van der Waals surface area contributed by atoms with Gasteiger partial charge in [0.2, 0.25) is 0 Å². The molecule has 0 N–H and O–H groups in total. The summed E-state index contributed by atoms with van der Waals surface area (Å²) in [7, 11) is 0. The van der Waals surface area contributed by atoms with Crippen molar-refractivity contribution in [1.29, 1.82) is 0 Å². The molecule has 1 aliphatic heterocycles. The maximum absolute atomic E-state index is 6.17. The number of rotatable bonds is 0. The molecule has 1 saturated carbocycles. The van der Waals surface area contributed by atoms with E-state index in [0.717, 1.165) is 25.4 Å². The summed E-state index contributed by atoms with van der Waals surface area (Å²) in [6, 6.07) is 0. The first kappa shape index (κ1) is 8.83. The van der Waals surface area contributed by atoms with E-state index in [1.54, 1.807) is 0 Å². The van der Waals surface area contributed by atoms with E-state index in [-0.39, 0.29) is 5.60 Å². The molecule has 1 saturated heterocycles. The Labute approximate surface area is 79.4 Å². The van der Waals surface area contributed by atoms with Gasteiger partial charge in [0.1, 0.15) is 0 Å². The predicted molar refractivity (Wildman–Crippen MR) is 50.6 cm³/mol. The molecule has 1 nitrogen and oxygen atoms in total. The molecule has 0 amide bonds. The third-order valence-electron chi connectivity index (χ3n) is 3.52. The molecule has 1 heterocycles. The summed E-state index contributed by atoms with van der Waals surface area (Å²) in [6.45, 7) is 3.18. The Kier molecular flexibility index (Phi) is 2.35. The molecule has 0 aromatic heterocycles. The van der Waals surface area contributed by atoms with Gasteiger partial charge in [-0.1, -0.05) is 13.3 Å². The predicted octanol–water partition coefficient (Wildman–Crippen LogP) is 2.96. The van der Waals surface area contributed by atoms with Gasteiger partial charge in [-0.3, -0.25) is 0 Å².